The molecular formula is C25H26BrN5O2. The van der Waals surface area contributed by atoms with Crippen LogP contribution >= 0.6 is 15.9 Å². The molecule has 2 fully saturated rings. The third kappa shape index (κ3) is 2.81. The highest BCUT2D eigenvalue weighted by atomic mass is 79.9. The number of fused-ring (bicyclic) bond motifs is 3. The van der Waals surface area contributed by atoms with Crippen LogP contribution in [0, 0.1) is 11.3 Å². The van der Waals surface area contributed by atoms with E-state index in [4.69, 9.17) is 11.5 Å². The zero-order valence-electron chi connectivity index (χ0n) is 18.2. The lowest BCUT2D eigenvalue weighted by molar-refractivity contribution is -0.0443. The summed E-state index contributed by atoms with van der Waals surface area (Å²) in [4.78, 5) is 4.49. The number of anilines is 2. The second-order valence-electron chi connectivity index (χ2n) is 9.88. The van der Waals surface area contributed by atoms with Gasteiger partial charge in [0.05, 0.1) is 39.1 Å². The number of benzene rings is 1. The van der Waals surface area contributed by atoms with Crippen LogP contribution in [0.5, 0.6) is 0 Å². The fraction of sp³-hybridized carbons (Fsp3) is 0.360. The molecule has 3 aromatic heterocycles. The van der Waals surface area contributed by atoms with Gasteiger partial charge in [0.2, 0.25) is 0 Å². The van der Waals surface area contributed by atoms with Crippen LogP contribution in [0.2, 0.25) is 0 Å². The molecule has 0 radical (unpaired) electrons. The van der Waals surface area contributed by atoms with Crippen LogP contribution in [-0.4, -0.2) is 37.0 Å². The lowest BCUT2D eigenvalue weighted by Crippen LogP contribution is -2.40. The van der Waals surface area contributed by atoms with Crippen molar-refractivity contribution in [2.24, 2.45) is 11.3 Å². The molecule has 2 saturated carbocycles. The van der Waals surface area contributed by atoms with E-state index in [1.54, 1.807) is 12.3 Å². The van der Waals surface area contributed by atoms with Crippen molar-refractivity contribution in [3.63, 3.8) is 0 Å². The minimum absolute atomic E-state index is 0.168. The molecule has 0 aliphatic heterocycles. The fourth-order valence-electron chi connectivity index (χ4n) is 6.19. The summed E-state index contributed by atoms with van der Waals surface area (Å²) in [6.07, 6.45) is 2.39. The first-order valence-corrected chi connectivity index (χ1v) is 12.0. The van der Waals surface area contributed by atoms with Crippen LogP contribution < -0.4 is 11.5 Å². The average molecular weight is 508 g/mol. The number of nitrogen functional groups attached to an aromatic ring is 2. The number of aliphatic hydroxyl groups is 2. The van der Waals surface area contributed by atoms with Crippen molar-refractivity contribution in [1.82, 2.24) is 14.6 Å². The smallest absolute Gasteiger partial charge is 0.138 e. The summed E-state index contributed by atoms with van der Waals surface area (Å²) in [5.74, 6) is 0.638. The summed E-state index contributed by atoms with van der Waals surface area (Å²) in [6.45, 7) is 2.10. The molecular weight excluding hydrogens is 482 g/mol. The second kappa shape index (κ2) is 6.91. The van der Waals surface area contributed by atoms with E-state index in [2.05, 4.69) is 45.1 Å². The van der Waals surface area contributed by atoms with Gasteiger partial charge in [0.1, 0.15) is 5.82 Å². The van der Waals surface area contributed by atoms with E-state index >= 15 is 0 Å². The van der Waals surface area contributed by atoms with Gasteiger partial charge in [0, 0.05) is 22.4 Å². The van der Waals surface area contributed by atoms with E-state index in [-0.39, 0.29) is 5.92 Å². The quantitative estimate of drug-likeness (QED) is 0.335. The maximum Gasteiger partial charge on any atom is 0.138 e. The molecule has 2 aliphatic carbocycles. The van der Waals surface area contributed by atoms with Gasteiger partial charge in [-0.2, -0.15) is 5.10 Å². The Balaban J connectivity index is 1.30. The molecule has 0 bridgehead atoms. The lowest BCUT2D eigenvalue weighted by atomic mass is 9.77. The summed E-state index contributed by atoms with van der Waals surface area (Å²) in [5, 5.41) is 27.9. The Morgan fingerprint density at radius 1 is 1.12 bits per heavy atom. The Morgan fingerprint density at radius 3 is 2.76 bits per heavy atom. The first kappa shape index (κ1) is 20.9. The first-order chi connectivity index (χ1) is 15.8. The van der Waals surface area contributed by atoms with Crippen molar-refractivity contribution >= 4 is 43.9 Å². The number of hydrogen-bond acceptors (Lipinski definition) is 6. The van der Waals surface area contributed by atoms with Crippen LogP contribution in [0.25, 0.3) is 16.4 Å². The number of hydrogen-bond donors (Lipinski definition) is 4. The zero-order valence-corrected chi connectivity index (χ0v) is 19.8. The molecule has 0 amide bonds. The number of nitrogens with two attached hydrogens (primary N) is 2. The van der Waals surface area contributed by atoms with Crippen LogP contribution in [0.15, 0.2) is 53.1 Å². The molecule has 5 atom stereocenters. The third-order valence-electron chi connectivity index (χ3n) is 8.18. The first-order valence-electron chi connectivity index (χ1n) is 11.2. The number of aryl methyl sites for hydroxylation is 1. The molecule has 6 rings (SSSR count). The Hall–Kier alpha value is -2.68. The van der Waals surface area contributed by atoms with Crippen molar-refractivity contribution in [2.45, 2.75) is 43.8 Å². The molecule has 170 valence electrons. The topological polar surface area (TPSA) is 123 Å². The lowest BCUT2D eigenvalue weighted by Gasteiger charge is -2.32. The summed E-state index contributed by atoms with van der Waals surface area (Å²) >= 11 is 3.43. The van der Waals surface area contributed by atoms with Gasteiger partial charge in [0.15, 0.2) is 0 Å². The Bertz CT molecular complexity index is 1420. The van der Waals surface area contributed by atoms with Crippen molar-refractivity contribution in [3.8, 4) is 0 Å². The maximum atomic E-state index is 11.2. The Labute approximate surface area is 199 Å². The minimum atomic E-state index is -0.843. The van der Waals surface area contributed by atoms with Crippen molar-refractivity contribution < 1.29 is 10.2 Å². The van der Waals surface area contributed by atoms with Gasteiger partial charge in [-0.05, 0) is 77.0 Å². The molecule has 6 N–H and O–H groups in total. The molecule has 0 unspecified atom stereocenters. The van der Waals surface area contributed by atoms with Gasteiger partial charge in [-0.1, -0.05) is 19.1 Å². The predicted molar refractivity (Wildman–Crippen MR) is 132 cm³/mol. The minimum Gasteiger partial charge on any atom is -0.397 e. The normalized spacial score (nSPS) is 30.7. The van der Waals surface area contributed by atoms with Crippen LogP contribution in [-0.2, 0) is 11.8 Å². The van der Waals surface area contributed by atoms with Gasteiger partial charge in [-0.3, -0.25) is 0 Å². The largest absolute Gasteiger partial charge is 0.397 e. The van der Waals surface area contributed by atoms with E-state index < -0.39 is 23.0 Å². The second-order valence-corrected chi connectivity index (χ2v) is 10.7. The molecule has 2 aliphatic rings. The average Bonchev–Trinajstić information content (AvgIpc) is 3.36. The predicted octanol–water partition coefficient (Wildman–Crippen LogP) is 3.44. The van der Waals surface area contributed by atoms with Crippen molar-refractivity contribution in [3.05, 3.63) is 64.4 Å². The molecule has 0 spiro atoms. The number of halogens is 1. The van der Waals surface area contributed by atoms with Gasteiger partial charge in [0.25, 0.3) is 0 Å². The molecule has 0 saturated heterocycles. The van der Waals surface area contributed by atoms with Gasteiger partial charge in [-0.25, -0.2) is 9.50 Å². The summed E-state index contributed by atoms with van der Waals surface area (Å²) < 4.78 is 2.62. The van der Waals surface area contributed by atoms with Gasteiger partial charge in [-0.15, -0.1) is 0 Å². The molecule has 3 heterocycles. The standard InChI is InChI=1S/C25H26BrN5O2/c1-24(8-6-13-2-3-14-11-15(26)23(28)30-17(14)10-13)19-12-25(19,22(33)21(24)32)20-5-4-18-16(27)7-9-29-31(18)20/h2-5,7,9-11,19,21-22,32-33H,6,8,12,27H2,1H3,(H2,28,30)/t19-,21-,22+,24-,25+/m0/s1. The number of aliphatic hydroxyl groups excluding tert-OH is 2. The fourth-order valence-corrected chi connectivity index (χ4v) is 6.53. The van der Waals surface area contributed by atoms with E-state index in [0.29, 0.717) is 11.5 Å². The third-order valence-corrected chi connectivity index (χ3v) is 8.82. The van der Waals surface area contributed by atoms with Gasteiger partial charge < -0.3 is 21.7 Å². The Kier molecular flexibility index (Phi) is 4.38. The molecule has 33 heavy (non-hydrogen) atoms. The summed E-state index contributed by atoms with van der Waals surface area (Å²) in [5.41, 5.74) is 15.6. The van der Waals surface area contributed by atoms with Crippen molar-refractivity contribution in [1.29, 1.82) is 0 Å². The summed E-state index contributed by atoms with van der Waals surface area (Å²) in [6, 6.07) is 13.9. The monoisotopic (exact) mass is 507 g/mol. The van der Waals surface area contributed by atoms with Crippen LogP contribution in [0.1, 0.15) is 31.0 Å². The highest BCUT2D eigenvalue weighted by molar-refractivity contribution is 9.10. The summed E-state index contributed by atoms with van der Waals surface area (Å²) in [7, 11) is 0. The van der Waals surface area contributed by atoms with E-state index in [9.17, 15) is 10.2 Å². The van der Waals surface area contributed by atoms with E-state index in [1.807, 2.05) is 28.8 Å². The number of rotatable bonds is 4. The van der Waals surface area contributed by atoms with Crippen LogP contribution in [0.4, 0.5) is 11.5 Å². The SMILES string of the molecule is C[C@@]1(CCc2ccc3cc(Br)c(N)nc3c2)[C@@H](O)[C@@H](O)[C@]2(c3ccc4c(N)ccnn34)C[C@@H]12. The Morgan fingerprint density at radius 2 is 1.94 bits per heavy atom. The zero-order chi connectivity index (χ0) is 23.1. The molecule has 4 aromatic rings. The molecule has 8 heteroatoms. The van der Waals surface area contributed by atoms with E-state index in [0.717, 1.165) is 51.4 Å². The highest BCUT2D eigenvalue weighted by Crippen LogP contribution is 2.72. The van der Waals surface area contributed by atoms with E-state index in [1.165, 1.54) is 0 Å². The number of aromatic nitrogens is 3. The molecule has 1 aromatic carbocycles. The van der Waals surface area contributed by atoms with Crippen molar-refractivity contribution in [2.75, 3.05) is 11.5 Å². The highest BCUT2D eigenvalue weighted by Gasteiger charge is 2.76. The van der Waals surface area contributed by atoms with Gasteiger partial charge >= 0.3 is 0 Å². The number of nitrogens with zero attached hydrogens (tertiary/aromatic N) is 3. The number of pyridine rings is 1. The maximum absolute atomic E-state index is 11.2. The molecule has 7 nitrogen and oxygen atoms in total. The van der Waals surface area contributed by atoms with Crippen LogP contribution in [0.3, 0.4) is 0 Å².